The second kappa shape index (κ2) is 7.75. The van der Waals surface area contributed by atoms with Gasteiger partial charge in [-0.1, -0.05) is 30.7 Å². The van der Waals surface area contributed by atoms with E-state index in [0.717, 1.165) is 23.6 Å². The minimum absolute atomic E-state index is 0.166. The molecule has 6 nitrogen and oxygen atoms in total. The molecule has 3 aromatic carbocycles. The lowest BCUT2D eigenvalue weighted by atomic mass is 10.1. The lowest BCUT2D eigenvalue weighted by Gasteiger charge is -2.22. The van der Waals surface area contributed by atoms with Crippen LogP contribution in [0.1, 0.15) is 29.6 Å². The zero-order valence-corrected chi connectivity index (χ0v) is 16.8. The summed E-state index contributed by atoms with van der Waals surface area (Å²) in [5, 5.41) is 4.68. The third-order valence-electron chi connectivity index (χ3n) is 5.22. The average Bonchev–Trinajstić information content (AvgIpc) is 2.89. The van der Waals surface area contributed by atoms with E-state index in [1.54, 1.807) is 24.3 Å². The topological polar surface area (TPSA) is 92.5 Å². The van der Waals surface area contributed by atoms with Crippen LogP contribution < -0.4 is 15.4 Å². The van der Waals surface area contributed by atoms with E-state index in [2.05, 4.69) is 5.32 Å². The smallest absolute Gasteiger partial charge is 0.255 e. The van der Waals surface area contributed by atoms with Gasteiger partial charge in [0.15, 0.2) is 0 Å². The van der Waals surface area contributed by atoms with Crippen molar-refractivity contribution in [3.05, 3.63) is 66.2 Å². The van der Waals surface area contributed by atoms with Gasteiger partial charge in [-0.2, -0.15) is 0 Å². The zero-order chi connectivity index (χ0) is 20.4. The largest absolute Gasteiger partial charge is 0.398 e. The second-order valence-electron chi connectivity index (χ2n) is 7.20. The van der Waals surface area contributed by atoms with E-state index in [4.69, 9.17) is 5.73 Å². The van der Waals surface area contributed by atoms with Gasteiger partial charge in [-0.15, -0.1) is 0 Å². The molecule has 0 spiro atoms. The van der Waals surface area contributed by atoms with Crippen LogP contribution in [0.5, 0.6) is 0 Å². The fraction of sp³-hybridized carbons (Fsp3) is 0.227. The van der Waals surface area contributed by atoms with Crippen molar-refractivity contribution in [1.82, 2.24) is 0 Å². The van der Waals surface area contributed by atoms with Gasteiger partial charge in [-0.25, -0.2) is 8.42 Å². The summed E-state index contributed by atoms with van der Waals surface area (Å²) in [6.07, 6.45) is 2.44. The normalized spacial score (nSPS) is 16.3. The van der Waals surface area contributed by atoms with Crippen molar-refractivity contribution in [3.8, 4) is 0 Å². The van der Waals surface area contributed by atoms with Crippen LogP contribution in [0.4, 0.5) is 17.1 Å². The van der Waals surface area contributed by atoms with E-state index >= 15 is 0 Å². The van der Waals surface area contributed by atoms with Crippen LogP contribution in [0.2, 0.25) is 0 Å². The number of anilines is 3. The summed E-state index contributed by atoms with van der Waals surface area (Å²) in [5.41, 5.74) is 8.41. The zero-order valence-electron chi connectivity index (χ0n) is 16.0. The number of rotatable bonds is 3. The number of sulfonamides is 1. The molecule has 1 heterocycles. The Hall–Kier alpha value is -3.06. The Balaban J connectivity index is 1.57. The second-order valence-corrected chi connectivity index (χ2v) is 9.21. The van der Waals surface area contributed by atoms with Crippen LogP contribution in [0.25, 0.3) is 10.8 Å². The molecule has 0 saturated carbocycles. The first-order chi connectivity index (χ1) is 14.0. The van der Waals surface area contributed by atoms with Crippen LogP contribution in [0.3, 0.4) is 0 Å². The number of hydrogen-bond donors (Lipinski definition) is 2. The number of nitrogens with two attached hydrogens (primary N) is 1. The highest BCUT2D eigenvalue weighted by atomic mass is 32.2. The minimum atomic E-state index is -3.30. The van der Waals surface area contributed by atoms with Crippen molar-refractivity contribution in [3.63, 3.8) is 0 Å². The van der Waals surface area contributed by atoms with E-state index in [-0.39, 0.29) is 11.7 Å². The van der Waals surface area contributed by atoms with Crippen molar-refractivity contribution >= 4 is 43.8 Å². The van der Waals surface area contributed by atoms with Gasteiger partial charge in [0.25, 0.3) is 5.91 Å². The monoisotopic (exact) mass is 409 g/mol. The summed E-state index contributed by atoms with van der Waals surface area (Å²) in [4.78, 5) is 12.7. The number of hydrogen-bond acceptors (Lipinski definition) is 4. The van der Waals surface area contributed by atoms with Crippen molar-refractivity contribution in [2.45, 2.75) is 19.3 Å². The summed E-state index contributed by atoms with van der Waals surface area (Å²) in [6, 6.07) is 17.9. The highest BCUT2D eigenvalue weighted by Gasteiger charge is 2.24. The molecule has 1 aliphatic rings. The van der Waals surface area contributed by atoms with Crippen molar-refractivity contribution in [2.75, 3.05) is 27.7 Å². The first kappa shape index (κ1) is 19.3. The molecular weight excluding hydrogens is 386 g/mol. The maximum absolute atomic E-state index is 12.7. The molecule has 4 rings (SSSR count). The third kappa shape index (κ3) is 3.91. The Morgan fingerprint density at radius 3 is 2.41 bits per heavy atom. The number of amides is 1. The number of benzene rings is 3. The SMILES string of the molecule is Nc1cccc2c(NC(=O)c3ccc(N4CCCCCS4(=O)=O)cc3)cccc12. The third-order valence-corrected chi connectivity index (χ3v) is 7.09. The van der Waals surface area contributed by atoms with Gasteiger partial charge in [0, 0.05) is 34.3 Å². The lowest BCUT2D eigenvalue weighted by Crippen LogP contribution is -2.32. The molecule has 3 N–H and O–H groups in total. The molecular formula is C22H23N3O3S. The summed E-state index contributed by atoms with van der Waals surface area (Å²) < 4.78 is 26.4. The fourth-order valence-electron chi connectivity index (χ4n) is 3.67. The maximum Gasteiger partial charge on any atom is 0.255 e. The van der Waals surface area contributed by atoms with Crippen LogP contribution in [-0.2, 0) is 10.0 Å². The standard InChI is InChI=1S/C22H23N3O3S/c23-20-8-4-7-19-18(20)6-5-9-21(19)24-22(26)16-10-12-17(13-11-16)25-14-2-1-3-15-29(25,27)28/h4-13H,1-3,14-15,23H2,(H,24,26). The molecule has 1 aliphatic heterocycles. The van der Waals surface area contributed by atoms with E-state index in [1.165, 1.54) is 4.31 Å². The summed E-state index contributed by atoms with van der Waals surface area (Å²) >= 11 is 0. The fourth-order valence-corrected chi connectivity index (χ4v) is 5.31. The van der Waals surface area contributed by atoms with Crippen LogP contribution in [-0.4, -0.2) is 26.6 Å². The number of carbonyl (C=O) groups excluding carboxylic acids is 1. The number of carbonyl (C=O) groups is 1. The molecule has 3 aromatic rings. The maximum atomic E-state index is 12.7. The molecule has 1 amide bonds. The summed E-state index contributed by atoms with van der Waals surface area (Å²) in [6.45, 7) is 0.477. The molecule has 1 saturated heterocycles. The molecule has 1 fully saturated rings. The van der Waals surface area contributed by atoms with E-state index in [1.807, 2.05) is 36.4 Å². The molecule has 150 valence electrons. The van der Waals surface area contributed by atoms with Crippen molar-refractivity contribution in [1.29, 1.82) is 0 Å². The van der Waals surface area contributed by atoms with Gasteiger partial charge in [0.05, 0.1) is 11.4 Å². The number of nitrogen functional groups attached to an aromatic ring is 1. The Morgan fingerprint density at radius 1 is 0.897 bits per heavy atom. The van der Waals surface area contributed by atoms with Crippen molar-refractivity contribution < 1.29 is 13.2 Å². The predicted molar refractivity (Wildman–Crippen MR) is 118 cm³/mol. The van der Waals surface area contributed by atoms with Gasteiger partial charge in [0.1, 0.15) is 0 Å². The first-order valence-electron chi connectivity index (χ1n) is 9.65. The Morgan fingerprint density at radius 2 is 1.62 bits per heavy atom. The molecule has 0 bridgehead atoms. The summed E-state index contributed by atoms with van der Waals surface area (Å²) in [5.74, 6) is -0.0930. The van der Waals surface area contributed by atoms with Crippen molar-refractivity contribution in [2.24, 2.45) is 0 Å². The highest BCUT2D eigenvalue weighted by molar-refractivity contribution is 7.92. The molecule has 0 radical (unpaired) electrons. The summed E-state index contributed by atoms with van der Waals surface area (Å²) in [7, 11) is -3.30. The molecule has 0 aliphatic carbocycles. The Kier molecular flexibility index (Phi) is 5.15. The van der Waals surface area contributed by atoms with E-state index in [0.29, 0.717) is 35.6 Å². The molecule has 0 unspecified atom stereocenters. The molecule has 29 heavy (non-hydrogen) atoms. The van der Waals surface area contributed by atoms with Crippen LogP contribution in [0, 0.1) is 0 Å². The molecule has 0 aromatic heterocycles. The van der Waals surface area contributed by atoms with Gasteiger partial charge in [-0.3, -0.25) is 9.10 Å². The van der Waals surface area contributed by atoms with E-state index < -0.39 is 10.0 Å². The average molecular weight is 410 g/mol. The van der Waals surface area contributed by atoms with Gasteiger partial charge in [0.2, 0.25) is 10.0 Å². The van der Waals surface area contributed by atoms with Gasteiger partial charge in [-0.05, 0) is 49.2 Å². The first-order valence-corrected chi connectivity index (χ1v) is 11.3. The predicted octanol–water partition coefficient (Wildman–Crippen LogP) is 3.99. The molecule has 7 heteroatoms. The van der Waals surface area contributed by atoms with Crippen LogP contribution >= 0.6 is 0 Å². The lowest BCUT2D eigenvalue weighted by molar-refractivity contribution is 0.102. The quantitative estimate of drug-likeness (QED) is 0.640. The number of nitrogens with one attached hydrogen (secondary N) is 1. The van der Waals surface area contributed by atoms with Gasteiger partial charge >= 0.3 is 0 Å². The Labute approximate surface area is 170 Å². The van der Waals surface area contributed by atoms with E-state index in [9.17, 15) is 13.2 Å². The number of fused-ring (bicyclic) bond motifs is 1. The van der Waals surface area contributed by atoms with Gasteiger partial charge < -0.3 is 11.1 Å². The Bertz CT molecular complexity index is 1160. The molecule has 0 atom stereocenters. The number of nitrogens with zero attached hydrogens (tertiary/aromatic N) is 1. The van der Waals surface area contributed by atoms with Crippen LogP contribution in [0.15, 0.2) is 60.7 Å². The highest BCUT2D eigenvalue weighted by Crippen LogP contribution is 2.28. The minimum Gasteiger partial charge on any atom is -0.398 e.